The fourth-order valence-electron chi connectivity index (χ4n) is 6.44. The van der Waals surface area contributed by atoms with Crippen LogP contribution < -0.4 is 0 Å². The second-order valence-corrected chi connectivity index (χ2v) is 20.1. The number of rotatable bonds is 17. The summed E-state index contributed by atoms with van der Waals surface area (Å²) in [7, 11) is -17.0. The average Bonchev–Trinajstić information content (AvgIpc) is 3.45. The molecular weight excluding hydrogens is 777 g/mol. The van der Waals surface area contributed by atoms with Crippen molar-refractivity contribution in [3.63, 3.8) is 0 Å². The highest BCUT2D eigenvalue weighted by Crippen LogP contribution is 2.45. The molecule has 0 bridgehead atoms. The summed E-state index contributed by atoms with van der Waals surface area (Å²) in [5, 5.41) is 0. The van der Waals surface area contributed by atoms with Crippen LogP contribution >= 0.6 is 0 Å². The summed E-state index contributed by atoms with van der Waals surface area (Å²) in [5.41, 5.74) is 3.37. The van der Waals surface area contributed by atoms with Gasteiger partial charge in [0.2, 0.25) is 0 Å². The van der Waals surface area contributed by atoms with Crippen LogP contribution in [-0.4, -0.2) is 60.1 Å². The highest BCUT2D eigenvalue weighted by atomic mass is 32.2. The summed E-state index contributed by atoms with van der Waals surface area (Å²) < 4.78 is 128. The Hall–Kier alpha value is -3.48. The molecule has 5 rings (SSSR count). The number of hydrogen-bond donors (Lipinski definition) is 0. The van der Waals surface area contributed by atoms with E-state index in [9.17, 15) is 33.7 Å². The second-order valence-electron chi connectivity index (χ2n) is 13.6. The molecule has 0 saturated heterocycles. The number of hydrogen-bond acceptors (Lipinski definition) is 12. The molecule has 4 atom stereocenters. The standard InChI is InChI=1S/C38H44O12S4/c1-27-5-13-33(14-6-27)51(39,40)47-22-21-37-31(24-48-52(41,42)34-15-7-28(2)8-16-34)23-32(25-49-53(43,44)35-17-9-29(3)10-18-35)38(37)26-50-54(45,46)36-19-11-30(4)12-20-36/h5-20,31-32,37-38H,21-26H2,1-4H3/t31-,32+,37+,38-/m0/s1. The lowest BCUT2D eigenvalue weighted by atomic mass is 9.85. The number of benzene rings is 4. The van der Waals surface area contributed by atoms with Crippen molar-refractivity contribution in [1.82, 2.24) is 0 Å². The predicted octanol–water partition coefficient (Wildman–Crippen LogP) is 6.10. The SMILES string of the molecule is Cc1ccc(S(=O)(=O)OCC[C@@H]2[C@H](COS(=O)(=O)c3ccc(C)cc3)C[C@H](COS(=O)(=O)c3ccc(C)cc3)[C@@H]2COS(=O)(=O)c2ccc(C)cc2)cc1. The van der Waals surface area contributed by atoms with Gasteiger partial charge in [0.05, 0.1) is 46.0 Å². The van der Waals surface area contributed by atoms with Crippen LogP contribution in [0.5, 0.6) is 0 Å². The van der Waals surface area contributed by atoms with Gasteiger partial charge in [0.1, 0.15) is 0 Å². The molecule has 0 heterocycles. The van der Waals surface area contributed by atoms with Crippen molar-refractivity contribution in [3.05, 3.63) is 119 Å². The zero-order chi connectivity index (χ0) is 39.3. The molecule has 292 valence electrons. The Labute approximate surface area is 318 Å². The van der Waals surface area contributed by atoms with Crippen molar-refractivity contribution >= 4 is 40.5 Å². The van der Waals surface area contributed by atoms with Crippen molar-refractivity contribution in [2.24, 2.45) is 23.7 Å². The normalized spacial score (nSPS) is 19.6. The van der Waals surface area contributed by atoms with Crippen LogP contribution in [-0.2, 0) is 57.2 Å². The Kier molecular flexibility index (Phi) is 13.2. The van der Waals surface area contributed by atoms with Gasteiger partial charge >= 0.3 is 0 Å². The van der Waals surface area contributed by atoms with Crippen molar-refractivity contribution in [2.45, 2.75) is 60.1 Å². The van der Waals surface area contributed by atoms with Crippen LogP contribution in [0.3, 0.4) is 0 Å². The van der Waals surface area contributed by atoms with Crippen LogP contribution in [0.2, 0.25) is 0 Å². The summed E-state index contributed by atoms with van der Waals surface area (Å²) in [6.07, 6.45) is 0.143. The summed E-state index contributed by atoms with van der Waals surface area (Å²) in [6.45, 7) is 5.68. The molecule has 4 aromatic rings. The van der Waals surface area contributed by atoms with Crippen LogP contribution in [0, 0.1) is 51.4 Å². The van der Waals surface area contributed by atoms with E-state index in [1.165, 1.54) is 48.5 Å². The maximum absolute atomic E-state index is 13.3. The Bertz CT molecular complexity index is 2320. The highest BCUT2D eigenvalue weighted by Gasteiger charge is 2.45. The molecule has 12 nitrogen and oxygen atoms in total. The third-order valence-electron chi connectivity index (χ3n) is 9.58. The van der Waals surface area contributed by atoms with E-state index in [0.29, 0.717) is 0 Å². The maximum Gasteiger partial charge on any atom is 0.296 e. The largest absolute Gasteiger partial charge is 0.296 e. The van der Waals surface area contributed by atoms with E-state index in [1.807, 2.05) is 20.8 Å². The quantitative estimate of drug-likeness (QED) is 0.112. The van der Waals surface area contributed by atoms with E-state index in [0.717, 1.165) is 22.3 Å². The highest BCUT2D eigenvalue weighted by molar-refractivity contribution is 7.87. The molecule has 1 fully saturated rings. The molecule has 0 N–H and O–H groups in total. The third-order valence-corrected chi connectivity index (χ3v) is 14.8. The van der Waals surface area contributed by atoms with Gasteiger partial charge < -0.3 is 0 Å². The molecule has 1 aliphatic rings. The Morgan fingerprint density at radius 3 is 1.02 bits per heavy atom. The number of aryl methyl sites for hydroxylation is 4. The maximum atomic E-state index is 13.3. The first-order chi connectivity index (χ1) is 25.4. The fraction of sp³-hybridized carbons (Fsp3) is 0.368. The molecule has 0 spiro atoms. The van der Waals surface area contributed by atoms with E-state index in [2.05, 4.69) is 0 Å². The van der Waals surface area contributed by atoms with Gasteiger partial charge in [-0.3, -0.25) is 16.7 Å². The van der Waals surface area contributed by atoms with Gasteiger partial charge in [-0.25, -0.2) is 0 Å². The minimum Gasteiger partial charge on any atom is -0.266 e. The van der Waals surface area contributed by atoms with Crippen molar-refractivity contribution in [3.8, 4) is 0 Å². The molecular formula is C38H44O12S4. The van der Waals surface area contributed by atoms with Crippen molar-refractivity contribution < 1.29 is 50.4 Å². The minimum atomic E-state index is -4.29. The van der Waals surface area contributed by atoms with Crippen LogP contribution in [0.4, 0.5) is 0 Å². The Morgan fingerprint density at radius 2 is 0.685 bits per heavy atom. The monoisotopic (exact) mass is 820 g/mol. The first-order valence-electron chi connectivity index (χ1n) is 17.2. The van der Waals surface area contributed by atoms with Gasteiger partial charge in [-0.1, -0.05) is 70.8 Å². The second kappa shape index (κ2) is 17.1. The molecule has 0 aliphatic heterocycles. The predicted molar refractivity (Wildman–Crippen MR) is 200 cm³/mol. The van der Waals surface area contributed by atoms with Gasteiger partial charge in [0.25, 0.3) is 40.5 Å². The summed E-state index contributed by atoms with van der Waals surface area (Å²) >= 11 is 0. The van der Waals surface area contributed by atoms with Gasteiger partial charge in [0.15, 0.2) is 0 Å². The van der Waals surface area contributed by atoms with E-state index < -0.39 is 77.4 Å². The molecule has 0 radical (unpaired) electrons. The topological polar surface area (TPSA) is 173 Å². The first kappa shape index (κ1) is 41.7. The Morgan fingerprint density at radius 1 is 0.407 bits per heavy atom. The van der Waals surface area contributed by atoms with Crippen LogP contribution in [0.25, 0.3) is 0 Å². The lowest BCUT2D eigenvalue weighted by Gasteiger charge is -2.26. The molecule has 1 aliphatic carbocycles. The molecule has 16 heteroatoms. The molecule has 54 heavy (non-hydrogen) atoms. The smallest absolute Gasteiger partial charge is 0.266 e. The average molecular weight is 821 g/mol. The molecule has 0 aromatic heterocycles. The van der Waals surface area contributed by atoms with Gasteiger partial charge in [-0.05, 0) is 113 Å². The lowest BCUT2D eigenvalue weighted by molar-refractivity contribution is 0.119. The van der Waals surface area contributed by atoms with Crippen LogP contribution in [0.15, 0.2) is 117 Å². The van der Waals surface area contributed by atoms with E-state index in [4.69, 9.17) is 16.7 Å². The summed E-state index contributed by atoms with van der Waals surface area (Å²) in [6, 6.07) is 24.3. The lowest BCUT2D eigenvalue weighted by Crippen LogP contribution is -2.29. The zero-order valence-electron chi connectivity index (χ0n) is 30.3. The van der Waals surface area contributed by atoms with E-state index >= 15 is 0 Å². The summed E-state index contributed by atoms with van der Waals surface area (Å²) in [4.78, 5) is -0.284. The molecule has 4 aromatic carbocycles. The molecule has 0 amide bonds. The molecule has 0 unspecified atom stereocenters. The fourth-order valence-corrected chi connectivity index (χ4v) is 10.2. The molecule has 1 saturated carbocycles. The van der Waals surface area contributed by atoms with Crippen molar-refractivity contribution in [1.29, 1.82) is 0 Å². The Balaban J connectivity index is 1.44. The van der Waals surface area contributed by atoms with Gasteiger partial charge in [0, 0.05) is 0 Å². The minimum absolute atomic E-state index is 0.00349. The summed E-state index contributed by atoms with van der Waals surface area (Å²) in [5.74, 6) is -2.75. The van der Waals surface area contributed by atoms with Gasteiger partial charge in [-0.2, -0.15) is 33.7 Å². The zero-order valence-corrected chi connectivity index (χ0v) is 33.6. The van der Waals surface area contributed by atoms with E-state index in [-0.39, 0.29) is 45.6 Å². The van der Waals surface area contributed by atoms with Crippen molar-refractivity contribution in [2.75, 3.05) is 26.4 Å². The third kappa shape index (κ3) is 10.6. The van der Waals surface area contributed by atoms with Crippen LogP contribution in [0.1, 0.15) is 35.1 Å². The first-order valence-corrected chi connectivity index (χ1v) is 22.8. The van der Waals surface area contributed by atoms with E-state index in [1.54, 1.807) is 55.5 Å². The van der Waals surface area contributed by atoms with Gasteiger partial charge in [-0.15, -0.1) is 0 Å².